The Balaban J connectivity index is 1.40. The molecule has 3 unspecified atom stereocenters. The first-order valence-electron chi connectivity index (χ1n) is 9.02. The lowest BCUT2D eigenvalue weighted by Crippen LogP contribution is -2.45. The third-order valence-corrected chi connectivity index (χ3v) is 5.51. The van der Waals surface area contributed by atoms with E-state index in [4.69, 9.17) is 9.47 Å². The number of hydrogen-bond donors (Lipinski definition) is 0. The van der Waals surface area contributed by atoms with E-state index < -0.39 is 0 Å². The van der Waals surface area contributed by atoms with Crippen LogP contribution in [0.1, 0.15) is 24.8 Å². The number of likely N-dealkylation sites (tertiary alicyclic amines) is 2. The first-order chi connectivity index (χ1) is 11.7. The highest BCUT2D eigenvalue weighted by Crippen LogP contribution is 2.34. The molecular weight excluding hydrogens is 304 g/mol. The van der Waals surface area contributed by atoms with Crippen LogP contribution in [0.25, 0.3) is 0 Å². The molecule has 2 bridgehead atoms. The molecular formula is C19H26N2O3. The van der Waals surface area contributed by atoms with Gasteiger partial charge in [0.25, 0.3) is 0 Å². The molecule has 0 radical (unpaired) electrons. The second kappa shape index (κ2) is 6.73. The van der Waals surface area contributed by atoms with Crippen LogP contribution in [0.15, 0.2) is 24.3 Å². The third-order valence-electron chi connectivity index (χ3n) is 5.51. The zero-order chi connectivity index (χ0) is 16.5. The van der Waals surface area contributed by atoms with Crippen LogP contribution in [0.2, 0.25) is 0 Å². The van der Waals surface area contributed by atoms with Gasteiger partial charge >= 0.3 is 0 Å². The van der Waals surface area contributed by atoms with Gasteiger partial charge in [-0.1, -0.05) is 12.1 Å². The molecule has 0 aliphatic carbocycles. The highest BCUT2D eigenvalue weighted by Gasteiger charge is 2.45. The standard InChI is InChI=1S/C19H26N2O3/c1-23-15-6-4-5-14(9-15)11-20-12-16-10-17(18(13-20)24-16)19(22)21-7-2-3-8-21/h4-6,9,16-18H,2-3,7-8,10-13H2,1H3. The van der Waals surface area contributed by atoms with Gasteiger partial charge < -0.3 is 14.4 Å². The average Bonchev–Trinajstić information content (AvgIpc) is 3.22. The number of ether oxygens (including phenoxy) is 2. The maximum atomic E-state index is 12.7. The summed E-state index contributed by atoms with van der Waals surface area (Å²) in [6, 6.07) is 8.22. The van der Waals surface area contributed by atoms with E-state index in [9.17, 15) is 4.79 Å². The predicted octanol–water partition coefficient (Wildman–Crippen LogP) is 1.91. The summed E-state index contributed by atoms with van der Waals surface area (Å²) >= 11 is 0. The van der Waals surface area contributed by atoms with Gasteiger partial charge in [-0.3, -0.25) is 9.69 Å². The molecule has 1 aromatic rings. The fourth-order valence-corrected chi connectivity index (χ4v) is 4.33. The minimum absolute atomic E-state index is 0.0578. The minimum atomic E-state index is 0.0578. The van der Waals surface area contributed by atoms with Crippen molar-refractivity contribution < 1.29 is 14.3 Å². The Kier molecular flexibility index (Phi) is 4.46. The van der Waals surface area contributed by atoms with Gasteiger partial charge in [0, 0.05) is 32.7 Å². The fourth-order valence-electron chi connectivity index (χ4n) is 4.33. The van der Waals surface area contributed by atoms with Crippen molar-refractivity contribution in [3.63, 3.8) is 0 Å². The topological polar surface area (TPSA) is 42.0 Å². The van der Waals surface area contributed by atoms with Gasteiger partial charge in [-0.2, -0.15) is 0 Å². The van der Waals surface area contributed by atoms with E-state index in [2.05, 4.69) is 17.0 Å². The van der Waals surface area contributed by atoms with Crippen molar-refractivity contribution in [3.05, 3.63) is 29.8 Å². The molecule has 130 valence electrons. The van der Waals surface area contributed by atoms with E-state index in [1.165, 1.54) is 5.56 Å². The Morgan fingerprint density at radius 1 is 1.29 bits per heavy atom. The summed E-state index contributed by atoms with van der Waals surface area (Å²) in [6.45, 7) is 4.51. The highest BCUT2D eigenvalue weighted by molar-refractivity contribution is 5.80. The molecule has 3 saturated heterocycles. The number of carbonyl (C=O) groups excluding carboxylic acids is 1. The number of hydrogen-bond acceptors (Lipinski definition) is 4. The Bertz CT molecular complexity index is 600. The number of methoxy groups -OCH3 is 1. The summed E-state index contributed by atoms with van der Waals surface area (Å²) in [4.78, 5) is 17.2. The van der Waals surface area contributed by atoms with Crippen LogP contribution in [0.4, 0.5) is 0 Å². The van der Waals surface area contributed by atoms with Gasteiger partial charge in [0.05, 0.1) is 25.2 Å². The van der Waals surface area contributed by atoms with Crippen molar-refractivity contribution in [2.45, 2.75) is 38.0 Å². The SMILES string of the molecule is COc1cccc(CN2CC3CC(C(=O)N4CCCC4)C(C2)O3)c1. The summed E-state index contributed by atoms with van der Waals surface area (Å²) in [7, 11) is 1.70. The van der Waals surface area contributed by atoms with Crippen molar-refractivity contribution in [2.24, 2.45) is 5.92 Å². The molecule has 3 heterocycles. The molecule has 3 aliphatic rings. The van der Waals surface area contributed by atoms with Crippen molar-refractivity contribution >= 4 is 5.91 Å². The van der Waals surface area contributed by atoms with Gasteiger partial charge in [-0.25, -0.2) is 0 Å². The lowest BCUT2D eigenvalue weighted by atomic mass is 9.99. The van der Waals surface area contributed by atoms with E-state index in [1.807, 2.05) is 17.0 Å². The van der Waals surface area contributed by atoms with Crippen LogP contribution in [0.3, 0.4) is 0 Å². The fraction of sp³-hybridized carbons (Fsp3) is 0.632. The van der Waals surface area contributed by atoms with Gasteiger partial charge in [-0.05, 0) is 37.0 Å². The van der Waals surface area contributed by atoms with Crippen LogP contribution in [-0.4, -0.2) is 61.2 Å². The van der Waals surface area contributed by atoms with E-state index in [0.29, 0.717) is 5.91 Å². The first-order valence-corrected chi connectivity index (χ1v) is 9.02. The Morgan fingerprint density at radius 2 is 2.12 bits per heavy atom. The molecule has 0 saturated carbocycles. The van der Waals surface area contributed by atoms with Crippen molar-refractivity contribution in [1.29, 1.82) is 0 Å². The second-order valence-electron chi connectivity index (χ2n) is 7.22. The van der Waals surface area contributed by atoms with Crippen molar-refractivity contribution in [1.82, 2.24) is 9.80 Å². The summed E-state index contributed by atoms with van der Waals surface area (Å²) in [5, 5.41) is 0. The summed E-state index contributed by atoms with van der Waals surface area (Å²) in [6.07, 6.45) is 3.44. The van der Waals surface area contributed by atoms with Crippen molar-refractivity contribution in [3.8, 4) is 5.75 Å². The molecule has 1 aromatic carbocycles. The van der Waals surface area contributed by atoms with Crippen molar-refractivity contribution in [2.75, 3.05) is 33.3 Å². The van der Waals surface area contributed by atoms with Gasteiger partial charge in [0.1, 0.15) is 5.75 Å². The minimum Gasteiger partial charge on any atom is -0.497 e. The number of morpholine rings is 1. The lowest BCUT2D eigenvalue weighted by molar-refractivity contribution is -0.137. The number of benzene rings is 1. The predicted molar refractivity (Wildman–Crippen MR) is 90.9 cm³/mol. The maximum Gasteiger partial charge on any atom is 0.228 e. The van der Waals surface area contributed by atoms with E-state index >= 15 is 0 Å². The largest absolute Gasteiger partial charge is 0.497 e. The molecule has 1 amide bonds. The van der Waals surface area contributed by atoms with Crippen LogP contribution < -0.4 is 4.74 Å². The highest BCUT2D eigenvalue weighted by atomic mass is 16.5. The number of amides is 1. The smallest absolute Gasteiger partial charge is 0.228 e. The molecule has 0 spiro atoms. The molecule has 0 N–H and O–H groups in total. The molecule has 3 aliphatic heterocycles. The van der Waals surface area contributed by atoms with Crippen LogP contribution in [-0.2, 0) is 16.1 Å². The van der Waals surface area contributed by atoms with Crippen LogP contribution in [0.5, 0.6) is 5.75 Å². The van der Waals surface area contributed by atoms with E-state index in [1.54, 1.807) is 7.11 Å². The third kappa shape index (κ3) is 3.15. The first kappa shape index (κ1) is 15.9. The molecule has 0 aromatic heterocycles. The Morgan fingerprint density at radius 3 is 2.92 bits per heavy atom. The van der Waals surface area contributed by atoms with Gasteiger partial charge in [0.2, 0.25) is 5.91 Å². The van der Waals surface area contributed by atoms with E-state index in [-0.39, 0.29) is 18.1 Å². The maximum absolute atomic E-state index is 12.7. The zero-order valence-electron chi connectivity index (χ0n) is 14.3. The second-order valence-corrected chi connectivity index (χ2v) is 7.22. The molecule has 3 atom stereocenters. The zero-order valence-corrected chi connectivity index (χ0v) is 14.3. The number of rotatable bonds is 4. The molecule has 5 nitrogen and oxygen atoms in total. The van der Waals surface area contributed by atoms with Gasteiger partial charge in [-0.15, -0.1) is 0 Å². The van der Waals surface area contributed by atoms with Crippen LogP contribution in [0, 0.1) is 5.92 Å². The van der Waals surface area contributed by atoms with Gasteiger partial charge in [0.15, 0.2) is 0 Å². The Labute approximate surface area is 143 Å². The Hall–Kier alpha value is -1.59. The molecule has 5 heteroatoms. The quantitative estimate of drug-likeness (QED) is 0.846. The summed E-state index contributed by atoms with van der Waals surface area (Å²) in [5.41, 5.74) is 1.25. The summed E-state index contributed by atoms with van der Waals surface area (Å²) in [5.74, 6) is 1.28. The average molecular weight is 330 g/mol. The normalized spacial score (nSPS) is 29.9. The number of fused-ring (bicyclic) bond motifs is 2. The lowest BCUT2D eigenvalue weighted by Gasteiger charge is -2.33. The van der Waals surface area contributed by atoms with Crippen LogP contribution >= 0.6 is 0 Å². The molecule has 24 heavy (non-hydrogen) atoms. The monoisotopic (exact) mass is 330 g/mol. The molecule has 3 fully saturated rings. The number of nitrogens with zero attached hydrogens (tertiary/aromatic N) is 2. The number of carbonyl (C=O) groups is 1. The van der Waals surface area contributed by atoms with E-state index in [0.717, 1.165) is 57.7 Å². The molecule has 4 rings (SSSR count). The summed E-state index contributed by atoms with van der Waals surface area (Å²) < 4.78 is 11.4.